The zero-order valence-electron chi connectivity index (χ0n) is 12.2. The second-order valence-corrected chi connectivity index (χ2v) is 6.63. The first-order valence-corrected chi connectivity index (χ1v) is 8.14. The summed E-state index contributed by atoms with van der Waals surface area (Å²) in [6.07, 6.45) is 0. The second kappa shape index (κ2) is 7.83. The second-order valence-electron chi connectivity index (χ2n) is 5.34. The Morgan fingerprint density at radius 3 is 2.57 bits per heavy atom. The molecule has 2 nitrogen and oxygen atoms in total. The van der Waals surface area contributed by atoms with Crippen molar-refractivity contribution in [3.63, 3.8) is 0 Å². The molecule has 2 rings (SSSR count). The van der Waals surface area contributed by atoms with E-state index in [9.17, 15) is 0 Å². The molecule has 4 heteroatoms. The van der Waals surface area contributed by atoms with E-state index in [1.807, 2.05) is 30.3 Å². The molecule has 0 aliphatic rings. The fourth-order valence-corrected chi connectivity index (χ4v) is 2.58. The maximum absolute atomic E-state index is 5.95. The smallest absolute Gasteiger partial charge is 0.128 e. The van der Waals surface area contributed by atoms with Gasteiger partial charge < -0.3 is 10.1 Å². The molecule has 2 aromatic rings. The summed E-state index contributed by atoms with van der Waals surface area (Å²) in [6, 6.07) is 13.4. The molecule has 0 aliphatic heterocycles. The molecule has 0 heterocycles. The van der Waals surface area contributed by atoms with Crippen LogP contribution in [0.4, 0.5) is 0 Å². The van der Waals surface area contributed by atoms with Crippen LogP contribution in [0.5, 0.6) is 11.5 Å². The van der Waals surface area contributed by atoms with Crippen molar-refractivity contribution < 1.29 is 4.74 Å². The topological polar surface area (TPSA) is 21.3 Å². The van der Waals surface area contributed by atoms with Gasteiger partial charge >= 0.3 is 0 Å². The lowest BCUT2D eigenvalue weighted by molar-refractivity contribution is 0.481. The monoisotopic (exact) mass is 367 g/mol. The molecule has 112 valence electrons. The Kier molecular flexibility index (Phi) is 6.09. The minimum Gasteiger partial charge on any atom is -0.457 e. The van der Waals surface area contributed by atoms with Crippen LogP contribution >= 0.6 is 27.5 Å². The Balaban J connectivity index is 2.01. The predicted octanol–water partition coefficient (Wildman–Crippen LogP) is 5.64. The largest absolute Gasteiger partial charge is 0.457 e. The lowest BCUT2D eigenvalue weighted by atomic mass is 10.2. The molecule has 0 aromatic heterocycles. The molecule has 0 unspecified atom stereocenters. The van der Waals surface area contributed by atoms with Crippen LogP contribution in [-0.4, -0.2) is 6.54 Å². The molecular formula is C17H19BrClNO. The van der Waals surface area contributed by atoms with Gasteiger partial charge in [0.25, 0.3) is 0 Å². The number of benzene rings is 2. The summed E-state index contributed by atoms with van der Waals surface area (Å²) < 4.78 is 6.84. The van der Waals surface area contributed by atoms with Gasteiger partial charge in [0.2, 0.25) is 0 Å². The van der Waals surface area contributed by atoms with Gasteiger partial charge in [0.05, 0.1) is 0 Å². The van der Waals surface area contributed by atoms with Gasteiger partial charge in [-0.2, -0.15) is 0 Å². The van der Waals surface area contributed by atoms with E-state index in [0.29, 0.717) is 10.9 Å². The zero-order valence-corrected chi connectivity index (χ0v) is 14.5. The van der Waals surface area contributed by atoms with E-state index < -0.39 is 0 Å². The first-order valence-electron chi connectivity index (χ1n) is 6.97. The first kappa shape index (κ1) is 16.3. The van der Waals surface area contributed by atoms with Crippen molar-refractivity contribution in [3.8, 4) is 11.5 Å². The molecule has 1 N–H and O–H groups in total. The van der Waals surface area contributed by atoms with Crippen LogP contribution in [0.3, 0.4) is 0 Å². The number of hydrogen-bond donors (Lipinski definition) is 1. The van der Waals surface area contributed by atoms with E-state index in [2.05, 4.69) is 41.2 Å². The third-order valence-corrected chi connectivity index (χ3v) is 3.90. The average molecular weight is 369 g/mol. The summed E-state index contributed by atoms with van der Waals surface area (Å²) in [7, 11) is 0. The normalized spacial score (nSPS) is 10.9. The quantitative estimate of drug-likeness (QED) is 0.712. The van der Waals surface area contributed by atoms with Gasteiger partial charge in [0.15, 0.2) is 0 Å². The van der Waals surface area contributed by atoms with Crippen molar-refractivity contribution in [3.05, 3.63) is 57.5 Å². The summed E-state index contributed by atoms with van der Waals surface area (Å²) in [5.41, 5.74) is 1.22. The van der Waals surface area contributed by atoms with E-state index in [0.717, 1.165) is 29.1 Å². The van der Waals surface area contributed by atoms with Gasteiger partial charge in [-0.3, -0.25) is 0 Å². The third kappa shape index (κ3) is 5.34. The molecule has 0 bridgehead atoms. The van der Waals surface area contributed by atoms with Gasteiger partial charge in [0, 0.05) is 16.0 Å². The van der Waals surface area contributed by atoms with Crippen molar-refractivity contribution in [2.24, 2.45) is 5.92 Å². The number of rotatable bonds is 6. The lowest BCUT2D eigenvalue weighted by Crippen LogP contribution is -2.19. The van der Waals surface area contributed by atoms with Gasteiger partial charge in [0.1, 0.15) is 11.5 Å². The maximum Gasteiger partial charge on any atom is 0.128 e. The van der Waals surface area contributed by atoms with Gasteiger partial charge in [-0.1, -0.05) is 53.5 Å². The number of ether oxygens (including phenoxy) is 1. The predicted molar refractivity (Wildman–Crippen MR) is 92.2 cm³/mol. The third-order valence-electron chi connectivity index (χ3n) is 2.92. The van der Waals surface area contributed by atoms with Crippen LogP contribution in [0.15, 0.2) is 46.9 Å². The van der Waals surface area contributed by atoms with Gasteiger partial charge in [-0.15, -0.1) is 0 Å². The number of hydrogen-bond acceptors (Lipinski definition) is 2. The Morgan fingerprint density at radius 1 is 1.14 bits per heavy atom. The van der Waals surface area contributed by atoms with Crippen LogP contribution in [-0.2, 0) is 6.54 Å². The van der Waals surface area contributed by atoms with Crippen LogP contribution < -0.4 is 10.1 Å². The standard InChI is InChI=1S/C17H19BrClNO/c1-12(2)10-20-11-13-6-7-16(9-17(13)18)21-15-5-3-4-14(19)8-15/h3-9,12,20H,10-11H2,1-2H3. The van der Waals surface area contributed by atoms with Crippen LogP contribution in [0.2, 0.25) is 5.02 Å². The number of nitrogens with one attached hydrogen (secondary N) is 1. The van der Waals surface area contributed by atoms with E-state index in [4.69, 9.17) is 16.3 Å². The molecule has 0 radical (unpaired) electrons. The fraction of sp³-hybridized carbons (Fsp3) is 0.294. The highest BCUT2D eigenvalue weighted by Gasteiger charge is 2.04. The Labute approximate surface area is 139 Å². The summed E-state index contributed by atoms with van der Waals surface area (Å²) in [5.74, 6) is 2.17. The minimum atomic E-state index is 0.647. The molecule has 0 saturated carbocycles. The van der Waals surface area contributed by atoms with E-state index in [1.54, 1.807) is 6.07 Å². The SMILES string of the molecule is CC(C)CNCc1ccc(Oc2cccc(Cl)c2)cc1Br. The fourth-order valence-electron chi connectivity index (χ4n) is 1.90. The summed E-state index contributed by atoms with van der Waals surface area (Å²) in [5, 5.41) is 4.10. The van der Waals surface area contributed by atoms with Gasteiger partial charge in [-0.05, 0) is 48.4 Å². The average Bonchev–Trinajstić information content (AvgIpc) is 2.41. The molecule has 0 amide bonds. The van der Waals surface area contributed by atoms with E-state index in [-0.39, 0.29) is 0 Å². The molecule has 0 saturated heterocycles. The van der Waals surface area contributed by atoms with Crippen LogP contribution in [0.25, 0.3) is 0 Å². The summed E-state index contributed by atoms with van der Waals surface area (Å²) >= 11 is 9.55. The summed E-state index contributed by atoms with van der Waals surface area (Å²) in [6.45, 7) is 6.25. The molecule has 0 atom stereocenters. The highest BCUT2D eigenvalue weighted by molar-refractivity contribution is 9.10. The van der Waals surface area contributed by atoms with Crippen LogP contribution in [0.1, 0.15) is 19.4 Å². The van der Waals surface area contributed by atoms with Crippen LogP contribution in [0, 0.1) is 5.92 Å². The molecule has 21 heavy (non-hydrogen) atoms. The molecular weight excluding hydrogens is 350 g/mol. The number of halogens is 2. The molecule has 0 fully saturated rings. The van der Waals surface area contributed by atoms with Crippen molar-refractivity contribution in [1.82, 2.24) is 5.32 Å². The van der Waals surface area contributed by atoms with Crippen molar-refractivity contribution >= 4 is 27.5 Å². The Bertz CT molecular complexity index is 601. The van der Waals surface area contributed by atoms with Crippen molar-refractivity contribution in [1.29, 1.82) is 0 Å². The maximum atomic E-state index is 5.95. The highest BCUT2D eigenvalue weighted by atomic mass is 79.9. The summed E-state index contributed by atoms with van der Waals surface area (Å²) in [4.78, 5) is 0. The first-order chi connectivity index (χ1) is 10.0. The molecule has 2 aromatic carbocycles. The molecule has 0 spiro atoms. The van der Waals surface area contributed by atoms with Crippen molar-refractivity contribution in [2.45, 2.75) is 20.4 Å². The molecule has 0 aliphatic carbocycles. The zero-order chi connectivity index (χ0) is 15.2. The van der Waals surface area contributed by atoms with Gasteiger partial charge in [-0.25, -0.2) is 0 Å². The van der Waals surface area contributed by atoms with Crippen molar-refractivity contribution in [2.75, 3.05) is 6.54 Å². The highest BCUT2D eigenvalue weighted by Crippen LogP contribution is 2.28. The Morgan fingerprint density at radius 2 is 1.90 bits per heavy atom. The Hall–Kier alpha value is -1.03. The van der Waals surface area contributed by atoms with E-state index in [1.165, 1.54) is 5.56 Å². The lowest BCUT2D eigenvalue weighted by Gasteiger charge is -2.11. The minimum absolute atomic E-state index is 0.647. The van der Waals surface area contributed by atoms with E-state index >= 15 is 0 Å².